The predicted octanol–water partition coefficient (Wildman–Crippen LogP) is 17.9. The fourth-order valence-corrected chi connectivity index (χ4v) is 14.8. The first kappa shape index (κ1) is 46.6. The first-order chi connectivity index (χ1) is 39.6. The number of nitrogens with zero attached hydrogens (tertiary/aromatic N) is 6. The van der Waals surface area contributed by atoms with Gasteiger partial charge in [-0.1, -0.05) is 206 Å². The molecule has 5 aliphatic rings. The lowest BCUT2D eigenvalue weighted by molar-refractivity contribution is -0.0399. The zero-order valence-electron chi connectivity index (χ0n) is 44.1. The smallest absolute Gasteiger partial charge is 0.164 e. The van der Waals surface area contributed by atoms with Crippen LogP contribution in [0, 0.1) is 23.7 Å². The minimum absolute atomic E-state index is 0.0670. The monoisotopic (exact) mass is 1030 g/mol. The van der Waals surface area contributed by atoms with Crippen molar-refractivity contribution >= 4 is 10.8 Å². The van der Waals surface area contributed by atoms with Crippen LogP contribution in [-0.2, 0) is 5.41 Å². The zero-order chi connectivity index (χ0) is 52.7. The molecule has 0 N–H and O–H groups in total. The molecule has 0 aliphatic heterocycles. The fraction of sp³-hybridized carbons (Fsp3) is 0.135. The molecule has 1 spiro atoms. The van der Waals surface area contributed by atoms with Gasteiger partial charge in [-0.05, 0) is 159 Å². The number of hydrogen-bond donors (Lipinski definition) is 0. The molecule has 0 saturated heterocycles. The van der Waals surface area contributed by atoms with Gasteiger partial charge in [0.1, 0.15) is 0 Å². The lowest BCUT2D eigenvalue weighted by atomic mass is 9.43. The summed E-state index contributed by atoms with van der Waals surface area (Å²) in [4.78, 5) is 31.2. The van der Waals surface area contributed by atoms with E-state index >= 15 is 0 Å². The van der Waals surface area contributed by atoms with E-state index in [9.17, 15) is 0 Å². The summed E-state index contributed by atoms with van der Waals surface area (Å²) in [6.07, 6.45) is 6.59. The van der Waals surface area contributed by atoms with Crippen molar-refractivity contribution in [2.45, 2.75) is 37.5 Å². The van der Waals surface area contributed by atoms with Crippen LogP contribution in [0.1, 0.15) is 43.2 Å². The third kappa shape index (κ3) is 7.76. The molecule has 380 valence electrons. The van der Waals surface area contributed by atoms with Gasteiger partial charge in [-0.25, -0.2) is 29.9 Å². The summed E-state index contributed by atoms with van der Waals surface area (Å²) >= 11 is 0. The molecule has 6 heteroatoms. The summed E-state index contributed by atoms with van der Waals surface area (Å²) in [5.41, 5.74) is 18.3. The van der Waals surface area contributed by atoms with Crippen LogP contribution >= 0.6 is 0 Å². The SMILES string of the molecule is c1ccc(-c2nc(-c3ccccc3)nc(-c3ccc(-c4ccc5c(c4)-c4ccc(-c6cc7ccccc7cc6-c6nc(-c7ccccc7)nc(-c7ccccc7)n6)cc4C54C5CC6CC(C5)CC4C6)cc3-c3ccccc3)n2)cc1. The van der Waals surface area contributed by atoms with Gasteiger partial charge in [0.05, 0.1) is 0 Å². The van der Waals surface area contributed by atoms with Crippen molar-refractivity contribution in [2.24, 2.45) is 23.7 Å². The van der Waals surface area contributed by atoms with Crippen LogP contribution in [-0.4, -0.2) is 29.9 Å². The first-order valence-electron chi connectivity index (χ1n) is 28.3. The van der Waals surface area contributed by atoms with Crippen molar-refractivity contribution in [3.63, 3.8) is 0 Å². The van der Waals surface area contributed by atoms with Crippen LogP contribution < -0.4 is 0 Å². The third-order valence-corrected chi connectivity index (χ3v) is 18.2. The molecule has 2 aromatic heterocycles. The molecule has 4 saturated carbocycles. The summed E-state index contributed by atoms with van der Waals surface area (Å²) in [6.45, 7) is 0. The van der Waals surface area contributed by atoms with E-state index in [0.29, 0.717) is 46.8 Å². The van der Waals surface area contributed by atoms with E-state index in [4.69, 9.17) is 29.9 Å². The van der Waals surface area contributed by atoms with Crippen molar-refractivity contribution < 1.29 is 0 Å². The lowest BCUT2D eigenvalue weighted by Crippen LogP contribution is -2.55. The first-order valence-corrected chi connectivity index (χ1v) is 28.3. The third-order valence-electron chi connectivity index (χ3n) is 18.2. The van der Waals surface area contributed by atoms with Gasteiger partial charge < -0.3 is 0 Å². The largest absolute Gasteiger partial charge is 0.208 e. The minimum Gasteiger partial charge on any atom is -0.208 e. The number of rotatable bonds is 9. The number of aromatic nitrogens is 6. The quantitative estimate of drug-likeness (QED) is 0.143. The van der Waals surface area contributed by atoms with Crippen LogP contribution in [0.25, 0.3) is 124 Å². The van der Waals surface area contributed by atoms with Crippen molar-refractivity contribution in [1.29, 1.82) is 0 Å². The molecule has 2 heterocycles. The molecule has 12 aromatic rings. The Morgan fingerprint density at radius 1 is 0.237 bits per heavy atom. The minimum atomic E-state index is -0.0670. The van der Waals surface area contributed by atoms with Gasteiger partial charge >= 0.3 is 0 Å². The summed E-state index contributed by atoms with van der Waals surface area (Å²) in [5, 5.41) is 2.34. The van der Waals surface area contributed by atoms with E-state index in [1.807, 2.05) is 72.8 Å². The highest BCUT2D eigenvalue weighted by Crippen LogP contribution is 2.70. The molecule has 0 atom stereocenters. The van der Waals surface area contributed by atoms with Crippen LogP contribution in [0.3, 0.4) is 0 Å². The number of fused-ring (bicyclic) bond motifs is 4. The normalized spacial score (nSPS) is 19.3. The second kappa shape index (κ2) is 18.8. The van der Waals surface area contributed by atoms with Gasteiger partial charge in [0.2, 0.25) is 0 Å². The molecule has 17 rings (SSSR count). The van der Waals surface area contributed by atoms with Gasteiger partial charge in [0.25, 0.3) is 0 Å². The molecule has 5 aliphatic carbocycles. The highest BCUT2D eigenvalue weighted by atomic mass is 15.0. The average Bonchev–Trinajstić information content (AvgIpc) is 3.94. The second-order valence-corrected chi connectivity index (χ2v) is 22.6. The van der Waals surface area contributed by atoms with E-state index in [2.05, 4.69) is 170 Å². The Bertz CT molecular complexity index is 4210. The Labute approximate surface area is 466 Å². The molecule has 4 bridgehead atoms. The highest BCUT2D eigenvalue weighted by molar-refractivity contribution is 5.97. The number of hydrogen-bond acceptors (Lipinski definition) is 6. The standard InChI is InChI=1S/C74H54N6/c1-6-18-48(19-7-1)62-42-55(30-34-61(62)72-77-68(49-20-8-2-9-21-49)75-69(78-72)50-22-10-3-11-23-50)56-32-35-66-64(43-56)60-33-31-57(45-67(60)74(66)58-37-46-36-47(39-58)40-59(74)38-46)63-41-53-28-16-17-29-54(53)44-65(63)73-79-70(51-24-12-4-13-25-51)76-71(80-73)52-26-14-5-15-27-52/h1-35,41-47,58-59H,36-40H2. The van der Waals surface area contributed by atoms with Gasteiger partial charge in [-0.2, -0.15) is 0 Å². The summed E-state index contributed by atoms with van der Waals surface area (Å²) in [6, 6.07) is 86.9. The zero-order valence-corrected chi connectivity index (χ0v) is 44.1. The van der Waals surface area contributed by atoms with E-state index in [0.717, 1.165) is 72.9 Å². The molecular formula is C74H54N6. The maximum absolute atomic E-state index is 5.33. The van der Waals surface area contributed by atoms with Crippen molar-refractivity contribution in [3.05, 3.63) is 254 Å². The Kier molecular flexibility index (Phi) is 11.0. The van der Waals surface area contributed by atoms with Gasteiger partial charge in [-0.3, -0.25) is 0 Å². The van der Waals surface area contributed by atoms with Gasteiger partial charge in [0, 0.05) is 38.8 Å². The molecule has 80 heavy (non-hydrogen) atoms. The molecule has 6 nitrogen and oxygen atoms in total. The Balaban J connectivity index is 0.863. The van der Waals surface area contributed by atoms with E-state index in [1.165, 1.54) is 70.9 Å². The van der Waals surface area contributed by atoms with Gasteiger partial charge in [0.15, 0.2) is 34.9 Å². The van der Waals surface area contributed by atoms with Crippen LogP contribution in [0.4, 0.5) is 0 Å². The van der Waals surface area contributed by atoms with Crippen molar-refractivity contribution in [3.8, 4) is 113 Å². The number of benzene rings is 10. The Morgan fingerprint density at radius 2 is 0.613 bits per heavy atom. The van der Waals surface area contributed by atoms with E-state index in [-0.39, 0.29) is 5.41 Å². The fourth-order valence-electron chi connectivity index (χ4n) is 14.8. The average molecular weight is 1030 g/mol. The molecular weight excluding hydrogens is 973 g/mol. The van der Waals surface area contributed by atoms with Gasteiger partial charge in [-0.15, -0.1) is 0 Å². The van der Waals surface area contributed by atoms with Crippen LogP contribution in [0.15, 0.2) is 243 Å². The van der Waals surface area contributed by atoms with Crippen LogP contribution in [0.2, 0.25) is 0 Å². The molecule has 10 aromatic carbocycles. The van der Waals surface area contributed by atoms with E-state index in [1.54, 1.807) is 0 Å². The molecule has 0 radical (unpaired) electrons. The second-order valence-electron chi connectivity index (χ2n) is 22.6. The highest BCUT2D eigenvalue weighted by Gasteiger charge is 2.61. The summed E-state index contributed by atoms with van der Waals surface area (Å²) in [7, 11) is 0. The molecule has 0 unspecified atom stereocenters. The Morgan fingerprint density at radius 3 is 1.11 bits per heavy atom. The lowest BCUT2D eigenvalue weighted by Gasteiger charge is -2.61. The predicted molar refractivity (Wildman–Crippen MR) is 323 cm³/mol. The molecule has 0 amide bonds. The maximum Gasteiger partial charge on any atom is 0.164 e. The van der Waals surface area contributed by atoms with Crippen molar-refractivity contribution in [2.75, 3.05) is 0 Å². The maximum atomic E-state index is 5.33. The molecule has 4 fully saturated rings. The topological polar surface area (TPSA) is 77.3 Å². The Hall–Kier alpha value is -9.52. The summed E-state index contributed by atoms with van der Waals surface area (Å²) in [5.74, 6) is 6.74. The van der Waals surface area contributed by atoms with E-state index < -0.39 is 0 Å². The van der Waals surface area contributed by atoms with Crippen LogP contribution in [0.5, 0.6) is 0 Å². The van der Waals surface area contributed by atoms with Crippen molar-refractivity contribution in [1.82, 2.24) is 29.9 Å². The summed E-state index contributed by atoms with van der Waals surface area (Å²) < 4.78 is 0.